The Morgan fingerprint density at radius 1 is 1.37 bits per heavy atom. The third-order valence-electron chi connectivity index (χ3n) is 2.55. The predicted molar refractivity (Wildman–Crippen MR) is 77.5 cm³/mol. The minimum absolute atomic E-state index is 0.215. The molecule has 0 aliphatic heterocycles. The molecule has 0 amide bonds. The first-order valence-corrected chi connectivity index (χ1v) is 7.26. The number of nitrogen functional groups attached to an aromatic ring is 1. The smallest absolute Gasteiger partial charge is 0.348 e. The average molecular weight is 290 g/mol. The summed E-state index contributed by atoms with van der Waals surface area (Å²) in [5.74, 6) is -0.324. The van der Waals surface area contributed by atoms with Gasteiger partial charge in [-0.25, -0.2) is 9.78 Å². The van der Waals surface area contributed by atoms with Crippen LogP contribution in [0.5, 0.6) is 0 Å². The van der Waals surface area contributed by atoms with Crippen LogP contribution < -0.4 is 5.73 Å². The van der Waals surface area contributed by atoms with Crippen LogP contribution in [0.25, 0.3) is 10.1 Å². The molecule has 0 unspecified atom stereocenters. The molecule has 6 heteroatoms. The van der Waals surface area contributed by atoms with E-state index in [1.54, 1.807) is 12.3 Å². The first kappa shape index (κ1) is 12.1. The first-order chi connectivity index (χ1) is 9.22. The van der Waals surface area contributed by atoms with Crippen molar-refractivity contribution in [1.29, 1.82) is 0 Å². The second kappa shape index (κ2) is 4.99. The molecule has 0 saturated heterocycles. The van der Waals surface area contributed by atoms with E-state index in [2.05, 4.69) is 4.98 Å². The summed E-state index contributed by atoms with van der Waals surface area (Å²) in [6.45, 7) is 0.215. The number of rotatable bonds is 3. The Kier molecular flexibility index (Phi) is 3.18. The highest BCUT2D eigenvalue weighted by atomic mass is 32.1. The maximum atomic E-state index is 11.9. The van der Waals surface area contributed by atoms with Gasteiger partial charge < -0.3 is 10.5 Å². The van der Waals surface area contributed by atoms with E-state index in [-0.39, 0.29) is 12.6 Å². The number of thiazole rings is 1. The van der Waals surface area contributed by atoms with E-state index in [9.17, 15) is 4.79 Å². The molecule has 3 aromatic rings. The van der Waals surface area contributed by atoms with Gasteiger partial charge in [-0.2, -0.15) is 0 Å². The number of fused-ring (bicyclic) bond motifs is 1. The molecule has 0 aliphatic carbocycles. The van der Waals surface area contributed by atoms with Crippen molar-refractivity contribution in [2.75, 3.05) is 5.73 Å². The van der Waals surface area contributed by atoms with Gasteiger partial charge in [-0.15, -0.1) is 22.7 Å². The molecular formula is C13H10N2O2S2. The molecule has 2 aromatic heterocycles. The summed E-state index contributed by atoms with van der Waals surface area (Å²) in [7, 11) is 0. The third-order valence-corrected chi connectivity index (χ3v) is 4.40. The van der Waals surface area contributed by atoms with Gasteiger partial charge in [0.15, 0.2) is 0 Å². The first-order valence-electron chi connectivity index (χ1n) is 5.57. The van der Waals surface area contributed by atoms with Crippen LogP contribution in [0.1, 0.15) is 14.7 Å². The molecule has 0 spiro atoms. The molecule has 0 atom stereocenters. The van der Waals surface area contributed by atoms with E-state index in [1.807, 2.05) is 23.6 Å². The molecule has 0 aliphatic rings. The Labute approximate surface area is 117 Å². The third kappa shape index (κ3) is 2.59. The van der Waals surface area contributed by atoms with Gasteiger partial charge >= 0.3 is 5.97 Å². The number of ether oxygens (including phenoxy) is 1. The fourth-order valence-corrected chi connectivity index (χ4v) is 3.15. The largest absolute Gasteiger partial charge is 0.454 e. The lowest BCUT2D eigenvalue weighted by atomic mass is 10.2. The van der Waals surface area contributed by atoms with Crippen molar-refractivity contribution in [2.24, 2.45) is 0 Å². The number of esters is 1. The summed E-state index contributed by atoms with van der Waals surface area (Å²) < 4.78 is 6.24. The second-order valence-corrected chi connectivity index (χ2v) is 5.97. The normalized spacial score (nSPS) is 10.7. The number of aromatic nitrogens is 1. The summed E-state index contributed by atoms with van der Waals surface area (Å²) in [5, 5.41) is 3.61. The number of carbonyl (C=O) groups is 1. The van der Waals surface area contributed by atoms with Gasteiger partial charge in [-0.1, -0.05) is 0 Å². The number of nitrogens with zero attached hydrogens (tertiary/aromatic N) is 1. The van der Waals surface area contributed by atoms with E-state index in [0.717, 1.165) is 15.1 Å². The lowest BCUT2D eigenvalue weighted by Crippen LogP contribution is -2.02. The SMILES string of the molecule is Nc1ccc2sc(C(=O)OCc3nccs3)cc2c1. The van der Waals surface area contributed by atoms with E-state index in [1.165, 1.54) is 22.7 Å². The standard InChI is InChI=1S/C13H10N2O2S2/c14-9-1-2-10-8(5-9)6-11(19-10)13(16)17-7-12-15-3-4-18-12/h1-6H,7,14H2. The van der Waals surface area contributed by atoms with Gasteiger partial charge in [0.25, 0.3) is 0 Å². The Balaban J connectivity index is 1.77. The highest BCUT2D eigenvalue weighted by Crippen LogP contribution is 2.28. The van der Waals surface area contributed by atoms with Crippen molar-refractivity contribution in [3.05, 3.63) is 45.7 Å². The van der Waals surface area contributed by atoms with Gasteiger partial charge in [0.05, 0.1) is 0 Å². The molecule has 19 heavy (non-hydrogen) atoms. The van der Waals surface area contributed by atoms with Gasteiger partial charge in [-0.3, -0.25) is 0 Å². The van der Waals surface area contributed by atoms with Crippen molar-refractivity contribution in [2.45, 2.75) is 6.61 Å². The van der Waals surface area contributed by atoms with Crippen LogP contribution >= 0.6 is 22.7 Å². The van der Waals surface area contributed by atoms with Crippen LogP contribution in [0, 0.1) is 0 Å². The molecule has 0 saturated carbocycles. The van der Waals surface area contributed by atoms with E-state index in [0.29, 0.717) is 10.6 Å². The Morgan fingerprint density at radius 3 is 3.05 bits per heavy atom. The second-order valence-electron chi connectivity index (χ2n) is 3.91. The topological polar surface area (TPSA) is 65.2 Å². The summed E-state index contributed by atoms with van der Waals surface area (Å²) in [6, 6.07) is 7.39. The van der Waals surface area contributed by atoms with Crippen molar-refractivity contribution < 1.29 is 9.53 Å². The molecule has 2 heterocycles. The lowest BCUT2D eigenvalue weighted by Gasteiger charge is -1.99. The zero-order valence-corrected chi connectivity index (χ0v) is 11.5. The van der Waals surface area contributed by atoms with E-state index >= 15 is 0 Å². The zero-order chi connectivity index (χ0) is 13.2. The number of anilines is 1. The Hall–Kier alpha value is -1.92. The maximum Gasteiger partial charge on any atom is 0.348 e. The van der Waals surface area contributed by atoms with Crippen LogP contribution in [-0.4, -0.2) is 11.0 Å². The molecule has 96 valence electrons. The Morgan fingerprint density at radius 2 is 2.26 bits per heavy atom. The van der Waals surface area contributed by atoms with Crippen molar-refractivity contribution in [1.82, 2.24) is 4.98 Å². The number of carbonyl (C=O) groups excluding carboxylic acids is 1. The monoisotopic (exact) mass is 290 g/mol. The number of hydrogen-bond acceptors (Lipinski definition) is 6. The molecule has 0 fully saturated rings. The predicted octanol–water partition coefficient (Wildman–Crippen LogP) is 3.30. The van der Waals surface area contributed by atoms with Crippen LogP contribution in [-0.2, 0) is 11.3 Å². The molecule has 0 radical (unpaired) electrons. The zero-order valence-electron chi connectivity index (χ0n) is 9.83. The van der Waals surface area contributed by atoms with Crippen LogP contribution in [0.3, 0.4) is 0 Å². The molecule has 0 bridgehead atoms. The number of hydrogen-bond donors (Lipinski definition) is 1. The fourth-order valence-electron chi connectivity index (χ4n) is 1.69. The van der Waals surface area contributed by atoms with Crippen molar-refractivity contribution >= 4 is 44.4 Å². The number of benzene rings is 1. The summed E-state index contributed by atoms with van der Waals surface area (Å²) in [4.78, 5) is 16.6. The average Bonchev–Trinajstić information content (AvgIpc) is 3.04. The van der Waals surface area contributed by atoms with Gasteiger partial charge in [0.2, 0.25) is 0 Å². The minimum atomic E-state index is -0.324. The minimum Gasteiger partial charge on any atom is -0.454 e. The highest BCUT2D eigenvalue weighted by Gasteiger charge is 2.12. The summed E-state index contributed by atoms with van der Waals surface area (Å²) in [6.07, 6.45) is 1.69. The quantitative estimate of drug-likeness (QED) is 0.594. The van der Waals surface area contributed by atoms with E-state index in [4.69, 9.17) is 10.5 Å². The summed E-state index contributed by atoms with van der Waals surface area (Å²) in [5.41, 5.74) is 6.40. The van der Waals surface area contributed by atoms with Crippen LogP contribution in [0.2, 0.25) is 0 Å². The van der Waals surface area contributed by atoms with Crippen molar-refractivity contribution in [3.63, 3.8) is 0 Å². The van der Waals surface area contributed by atoms with Crippen LogP contribution in [0.15, 0.2) is 35.8 Å². The Bertz CT molecular complexity index is 719. The van der Waals surface area contributed by atoms with Crippen LogP contribution in [0.4, 0.5) is 5.69 Å². The molecular weight excluding hydrogens is 280 g/mol. The lowest BCUT2D eigenvalue weighted by molar-refractivity contribution is 0.0478. The number of nitrogens with two attached hydrogens (primary N) is 1. The maximum absolute atomic E-state index is 11.9. The molecule has 3 rings (SSSR count). The molecule has 1 aromatic carbocycles. The van der Waals surface area contributed by atoms with Gasteiger partial charge in [0.1, 0.15) is 16.5 Å². The molecule has 2 N–H and O–H groups in total. The fraction of sp³-hybridized carbons (Fsp3) is 0.0769. The highest BCUT2D eigenvalue weighted by molar-refractivity contribution is 7.20. The van der Waals surface area contributed by atoms with Gasteiger partial charge in [-0.05, 0) is 29.7 Å². The molecule has 4 nitrogen and oxygen atoms in total. The number of thiophene rings is 1. The van der Waals surface area contributed by atoms with E-state index < -0.39 is 0 Å². The summed E-state index contributed by atoms with van der Waals surface area (Å²) >= 11 is 2.87. The van der Waals surface area contributed by atoms with Gasteiger partial charge in [0, 0.05) is 22.0 Å². The van der Waals surface area contributed by atoms with Crippen molar-refractivity contribution in [3.8, 4) is 0 Å².